The summed E-state index contributed by atoms with van der Waals surface area (Å²) >= 11 is 0. The van der Waals surface area contributed by atoms with Crippen LogP contribution in [0.5, 0.6) is 11.5 Å². The summed E-state index contributed by atoms with van der Waals surface area (Å²) in [5.74, 6) is 0.877. The predicted octanol–water partition coefficient (Wildman–Crippen LogP) is 2.08. The van der Waals surface area contributed by atoms with Gasteiger partial charge in [-0.05, 0) is 30.0 Å². The highest BCUT2D eigenvalue weighted by molar-refractivity contribution is 5.76. The van der Waals surface area contributed by atoms with E-state index in [-0.39, 0.29) is 30.7 Å². The molecule has 1 atom stereocenters. The Bertz CT molecular complexity index is 759. The fourth-order valence-corrected chi connectivity index (χ4v) is 2.36. The van der Waals surface area contributed by atoms with Gasteiger partial charge in [-0.3, -0.25) is 4.79 Å². The monoisotopic (exact) mass is 348 g/mol. The number of nitrogens with one attached hydrogen (secondary N) is 1. The molecule has 2 rings (SSSR count). The summed E-state index contributed by atoms with van der Waals surface area (Å²) in [5, 5.41) is 17.2. The number of amides is 1. The lowest BCUT2D eigenvalue weighted by atomic mass is 10.1. The average Bonchev–Trinajstić information content (AvgIpc) is 3.08. The van der Waals surface area contributed by atoms with Gasteiger partial charge in [0.05, 0.1) is 44.2 Å². The number of benzene rings is 1. The van der Waals surface area contributed by atoms with Crippen molar-refractivity contribution in [2.45, 2.75) is 25.9 Å². The quantitative estimate of drug-likeness (QED) is 0.578. The standard InChI is InChI=1S/C16H20N4O5/c1-11(13-10-12(24-2)4-5-14(13)25-3)17-16(21)7-9-19-8-6-15(18-19)20(22)23/h4-6,8,10-11H,7,9H2,1-3H3,(H,17,21). The van der Waals surface area contributed by atoms with E-state index in [1.807, 2.05) is 6.92 Å². The first-order valence-electron chi connectivity index (χ1n) is 7.63. The maximum atomic E-state index is 12.1. The molecule has 0 saturated heterocycles. The SMILES string of the molecule is COc1ccc(OC)c(C(C)NC(=O)CCn2ccc([N+](=O)[O-])n2)c1. The second-order valence-corrected chi connectivity index (χ2v) is 5.34. The van der Waals surface area contributed by atoms with Gasteiger partial charge >= 0.3 is 5.82 Å². The third kappa shape index (κ3) is 4.69. The van der Waals surface area contributed by atoms with E-state index in [0.717, 1.165) is 5.56 Å². The van der Waals surface area contributed by atoms with Gasteiger partial charge in [-0.25, -0.2) is 0 Å². The fraction of sp³-hybridized carbons (Fsp3) is 0.375. The molecule has 0 aliphatic rings. The first-order chi connectivity index (χ1) is 11.9. The van der Waals surface area contributed by atoms with Gasteiger partial charge in [0, 0.05) is 12.0 Å². The molecule has 0 saturated carbocycles. The predicted molar refractivity (Wildman–Crippen MR) is 89.6 cm³/mol. The van der Waals surface area contributed by atoms with Crippen molar-refractivity contribution < 1.29 is 19.2 Å². The summed E-state index contributed by atoms with van der Waals surface area (Å²) < 4.78 is 11.9. The Kier molecular flexibility index (Phi) is 5.93. The minimum atomic E-state index is -0.576. The third-order valence-electron chi connectivity index (χ3n) is 3.66. The number of rotatable bonds is 8. The molecular formula is C16H20N4O5. The molecule has 0 bridgehead atoms. The van der Waals surface area contributed by atoms with Crippen LogP contribution in [-0.4, -0.2) is 34.8 Å². The highest BCUT2D eigenvalue weighted by Crippen LogP contribution is 2.29. The molecular weight excluding hydrogens is 328 g/mol. The van der Waals surface area contributed by atoms with E-state index in [9.17, 15) is 14.9 Å². The Labute approximate surface area is 144 Å². The second kappa shape index (κ2) is 8.13. The van der Waals surface area contributed by atoms with Crippen LogP contribution in [-0.2, 0) is 11.3 Å². The van der Waals surface area contributed by atoms with Crippen LogP contribution in [0, 0.1) is 10.1 Å². The Morgan fingerprint density at radius 1 is 1.36 bits per heavy atom. The van der Waals surface area contributed by atoms with E-state index in [2.05, 4.69) is 10.4 Å². The van der Waals surface area contributed by atoms with Crippen LogP contribution in [0.25, 0.3) is 0 Å². The molecule has 1 aromatic heterocycles. The van der Waals surface area contributed by atoms with Crippen molar-refractivity contribution in [3.63, 3.8) is 0 Å². The van der Waals surface area contributed by atoms with Gasteiger partial charge < -0.3 is 24.9 Å². The van der Waals surface area contributed by atoms with Gasteiger partial charge in [0.1, 0.15) is 11.5 Å². The van der Waals surface area contributed by atoms with E-state index in [1.54, 1.807) is 32.4 Å². The van der Waals surface area contributed by atoms with E-state index in [0.29, 0.717) is 11.5 Å². The number of carbonyl (C=O) groups is 1. The lowest BCUT2D eigenvalue weighted by Gasteiger charge is -2.18. The third-order valence-corrected chi connectivity index (χ3v) is 3.66. The zero-order chi connectivity index (χ0) is 18.4. The molecule has 1 N–H and O–H groups in total. The molecule has 9 nitrogen and oxygen atoms in total. The first kappa shape index (κ1) is 18.2. The Morgan fingerprint density at radius 2 is 2.12 bits per heavy atom. The second-order valence-electron chi connectivity index (χ2n) is 5.34. The van der Waals surface area contributed by atoms with Gasteiger partial charge in [0.2, 0.25) is 5.91 Å². The topological polar surface area (TPSA) is 109 Å². The van der Waals surface area contributed by atoms with Crippen molar-refractivity contribution in [3.8, 4) is 11.5 Å². The highest BCUT2D eigenvalue weighted by atomic mass is 16.6. The fourth-order valence-electron chi connectivity index (χ4n) is 2.36. The molecule has 2 aromatic rings. The smallest absolute Gasteiger partial charge is 0.389 e. The van der Waals surface area contributed by atoms with E-state index >= 15 is 0 Å². The van der Waals surface area contributed by atoms with Crippen molar-refractivity contribution in [2.75, 3.05) is 14.2 Å². The Balaban J connectivity index is 1.96. The first-order valence-corrected chi connectivity index (χ1v) is 7.63. The van der Waals surface area contributed by atoms with E-state index in [4.69, 9.17) is 9.47 Å². The molecule has 1 aromatic carbocycles. The van der Waals surface area contributed by atoms with Crippen LogP contribution in [0.15, 0.2) is 30.5 Å². The number of hydrogen-bond acceptors (Lipinski definition) is 6. The van der Waals surface area contributed by atoms with Crippen LogP contribution >= 0.6 is 0 Å². The Hall–Kier alpha value is -3.10. The number of ether oxygens (including phenoxy) is 2. The van der Waals surface area contributed by atoms with Crippen molar-refractivity contribution in [1.82, 2.24) is 15.1 Å². The number of hydrogen-bond donors (Lipinski definition) is 1. The molecule has 25 heavy (non-hydrogen) atoms. The van der Waals surface area contributed by atoms with Crippen molar-refractivity contribution in [2.24, 2.45) is 0 Å². The normalized spacial score (nSPS) is 11.6. The Morgan fingerprint density at radius 3 is 2.72 bits per heavy atom. The molecule has 0 aliphatic heterocycles. The maximum absolute atomic E-state index is 12.1. The summed E-state index contributed by atoms with van der Waals surface area (Å²) in [6.07, 6.45) is 1.62. The van der Waals surface area contributed by atoms with Crippen LogP contribution in [0.2, 0.25) is 0 Å². The van der Waals surface area contributed by atoms with Crippen molar-refractivity contribution >= 4 is 11.7 Å². The molecule has 0 fully saturated rings. The van der Waals surface area contributed by atoms with Crippen LogP contribution in [0.3, 0.4) is 0 Å². The number of methoxy groups -OCH3 is 2. The minimum Gasteiger partial charge on any atom is -0.497 e. The lowest BCUT2D eigenvalue weighted by Crippen LogP contribution is -2.27. The summed E-state index contributed by atoms with van der Waals surface area (Å²) in [4.78, 5) is 22.2. The number of carbonyl (C=O) groups excluding carboxylic acids is 1. The largest absolute Gasteiger partial charge is 0.497 e. The van der Waals surface area contributed by atoms with Gasteiger partial charge in [-0.1, -0.05) is 0 Å². The summed E-state index contributed by atoms with van der Waals surface area (Å²) in [6, 6.07) is 6.37. The molecule has 9 heteroatoms. The molecule has 0 aliphatic carbocycles. The molecule has 1 amide bonds. The van der Waals surface area contributed by atoms with Crippen molar-refractivity contribution in [1.29, 1.82) is 0 Å². The van der Waals surface area contributed by atoms with Crippen molar-refractivity contribution in [3.05, 3.63) is 46.1 Å². The summed E-state index contributed by atoms with van der Waals surface area (Å²) in [7, 11) is 3.13. The molecule has 1 unspecified atom stereocenters. The molecule has 0 spiro atoms. The highest BCUT2D eigenvalue weighted by Gasteiger charge is 2.16. The van der Waals surface area contributed by atoms with Crippen LogP contribution in [0.4, 0.5) is 5.82 Å². The van der Waals surface area contributed by atoms with Gasteiger partial charge in [0.15, 0.2) is 0 Å². The summed E-state index contributed by atoms with van der Waals surface area (Å²) in [5.41, 5.74) is 0.796. The van der Waals surface area contributed by atoms with Crippen LogP contribution < -0.4 is 14.8 Å². The van der Waals surface area contributed by atoms with E-state index in [1.165, 1.54) is 16.9 Å². The number of nitrogens with zero attached hydrogens (tertiary/aromatic N) is 3. The summed E-state index contributed by atoms with van der Waals surface area (Å²) in [6.45, 7) is 2.09. The average molecular weight is 348 g/mol. The molecule has 134 valence electrons. The number of aryl methyl sites for hydroxylation is 1. The van der Waals surface area contributed by atoms with Gasteiger partial charge in [-0.15, -0.1) is 0 Å². The number of aromatic nitrogens is 2. The lowest BCUT2D eigenvalue weighted by molar-refractivity contribution is -0.389. The minimum absolute atomic E-state index is 0.148. The zero-order valence-electron chi connectivity index (χ0n) is 14.3. The van der Waals surface area contributed by atoms with Gasteiger partial charge in [-0.2, -0.15) is 4.68 Å². The zero-order valence-corrected chi connectivity index (χ0v) is 14.3. The maximum Gasteiger partial charge on any atom is 0.389 e. The van der Waals surface area contributed by atoms with E-state index < -0.39 is 4.92 Å². The van der Waals surface area contributed by atoms with Crippen LogP contribution in [0.1, 0.15) is 24.9 Å². The number of nitro groups is 1. The molecule has 1 heterocycles. The molecule has 0 radical (unpaired) electrons. The van der Waals surface area contributed by atoms with Gasteiger partial charge in [0.25, 0.3) is 0 Å².